The van der Waals surface area contributed by atoms with Crippen molar-refractivity contribution < 1.29 is 31.6 Å². The van der Waals surface area contributed by atoms with Crippen LogP contribution in [0.2, 0.25) is 0 Å². The van der Waals surface area contributed by atoms with Crippen LogP contribution in [0.5, 0.6) is 0 Å². The molecule has 5 aromatic rings. The summed E-state index contributed by atoms with van der Waals surface area (Å²) in [6.07, 6.45) is -2.55. The Morgan fingerprint density at radius 2 is 1.64 bits per heavy atom. The van der Waals surface area contributed by atoms with E-state index in [2.05, 4.69) is 15.1 Å². The van der Waals surface area contributed by atoms with Gasteiger partial charge in [0.25, 0.3) is 11.5 Å². The molecule has 3 aromatic carbocycles. The lowest BCUT2D eigenvalue weighted by Gasteiger charge is -2.45. The number of hydrogen-bond acceptors (Lipinski definition) is 7. The highest BCUT2D eigenvalue weighted by atomic mass is 19.4. The molecule has 14 heteroatoms. The minimum absolute atomic E-state index is 0.0814. The number of aromatic amines is 1. The van der Waals surface area contributed by atoms with Gasteiger partial charge in [-0.3, -0.25) is 14.4 Å². The second-order valence-corrected chi connectivity index (χ2v) is 14.2. The monoisotopic (exact) mass is 731 g/mol. The van der Waals surface area contributed by atoms with Gasteiger partial charge < -0.3 is 19.1 Å². The second kappa shape index (κ2) is 13.8. The normalized spacial score (nSPS) is 15.9. The number of carbonyl (C=O) groups is 2. The Bertz CT molecular complexity index is 2360. The number of anilines is 1. The molecular formula is C39H37F4N5O5. The molecule has 2 aliphatic rings. The molecule has 1 N–H and O–H groups in total. The van der Waals surface area contributed by atoms with Gasteiger partial charge in [-0.25, -0.2) is 14.3 Å². The summed E-state index contributed by atoms with van der Waals surface area (Å²) in [5.41, 5.74) is -0.370. The molecule has 1 saturated heterocycles. The Morgan fingerprint density at radius 1 is 0.925 bits per heavy atom. The predicted octanol–water partition coefficient (Wildman–Crippen LogP) is 6.07. The van der Waals surface area contributed by atoms with Gasteiger partial charge in [-0.1, -0.05) is 24.3 Å². The second-order valence-electron chi connectivity index (χ2n) is 14.2. The number of rotatable bonds is 7. The van der Waals surface area contributed by atoms with Crippen LogP contribution in [-0.2, 0) is 23.8 Å². The first-order chi connectivity index (χ1) is 25.2. The van der Waals surface area contributed by atoms with Gasteiger partial charge in [0, 0.05) is 79.7 Å². The molecule has 0 bridgehead atoms. The number of nitrogens with zero attached hydrogens (tertiary/aromatic N) is 4. The Hall–Kier alpha value is -5.53. The fourth-order valence-electron chi connectivity index (χ4n) is 7.47. The molecule has 276 valence electrons. The lowest BCUT2D eigenvalue weighted by molar-refractivity contribution is -0.136. The van der Waals surface area contributed by atoms with Crippen LogP contribution in [0, 0.1) is 5.82 Å². The quantitative estimate of drug-likeness (QED) is 0.159. The molecule has 0 radical (unpaired) electrons. The molecule has 2 amide bonds. The maximum absolute atomic E-state index is 15.0. The van der Waals surface area contributed by atoms with E-state index in [-0.39, 0.29) is 72.6 Å². The van der Waals surface area contributed by atoms with E-state index in [4.69, 9.17) is 4.42 Å². The van der Waals surface area contributed by atoms with Crippen molar-refractivity contribution in [1.29, 1.82) is 0 Å². The zero-order valence-electron chi connectivity index (χ0n) is 29.2. The number of hydrogen-bond donors (Lipinski definition) is 1. The molecular weight excluding hydrogens is 694 g/mol. The smallest absolute Gasteiger partial charge is 0.417 e. The third kappa shape index (κ3) is 7.14. The lowest BCUT2D eigenvalue weighted by Crippen LogP contribution is -2.51. The van der Waals surface area contributed by atoms with Crippen LogP contribution < -0.4 is 16.1 Å². The molecule has 10 nitrogen and oxygen atoms in total. The summed E-state index contributed by atoms with van der Waals surface area (Å²) < 4.78 is 61.4. The molecule has 0 atom stereocenters. The van der Waals surface area contributed by atoms with Gasteiger partial charge in [0.2, 0.25) is 5.91 Å². The van der Waals surface area contributed by atoms with E-state index in [9.17, 15) is 36.7 Å². The summed E-state index contributed by atoms with van der Waals surface area (Å²) in [6, 6.07) is 14.8. The number of fused-ring (bicyclic) bond motifs is 3. The number of amides is 2. The van der Waals surface area contributed by atoms with Gasteiger partial charge in [0.15, 0.2) is 0 Å². The third-order valence-electron chi connectivity index (χ3n) is 10.4. The summed E-state index contributed by atoms with van der Waals surface area (Å²) in [5, 5.41) is 7.68. The van der Waals surface area contributed by atoms with Crippen molar-refractivity contribution in [3.05, 3.63) is 115 Å². The molecule has 7 rings (SSSR count). The van der Waals surface area contributed by atoms with Crippen molar-refractivity contribution in [3.63, 3.8) is 0 Å². The minimum Gasteiger partial charge on any atom is -0.423 e. The third-order valence-corrected chi connectivity index (χ3v) is 10.4. The van der Waals surface area contributed by atoms with Crippen molar-refractivity contribution in [3.8, 4) is 0 Å². The number of piperazine rings is 1. The highest BCUT2D eigenvalue weighted by Crippen LogP contribution is 2.42. The van der Waals surface area contributed by atoms with E-state index in [0.717, 1.165) is 0 Å². The maximum atomic E-state index is 15.0. The van der Waals surface area contributed by atoms with Gasteiger partial charge in [0.05, 0.1) is 22.2 Å². The highest BCUT2D eigenvalue weighted by molar-refractivity contribution is 5.95. The molecule has 0 unspecified atom stereocenters. The zero-order chi connectivity index (χ0) is 37.7. The summed E-state index contributed by atoms with van der Waals surface area (Å²) in [7, 11) is 0. The van der Waals surface area contributed by atoms with E-state index in [1.807, 2.05) is 13.8 Å². The SMILES string of the molecule is CC1(C)CCc2cc3c(C(F)(F)F)cc(=O)oc3cc2N1CCCC(=O)N1CCN(C(=O)c2cc(Cc3n[nH]c(=O)c4ccccc34)ccc2F)CC1. The van der Waals surface area contributed by atoms with E-state index in [1.165, 1.54) is 29.2 Å². The highest BCUT2D eigenvalue weighted by Gasteiger charge is 2.37. The number of halogens is 4. The summed E-state index contributed by atoms with van der Waals surface area (Å²) in [4.78, 5) is 56.2. The number of carbonyl (C=O) groups excluding carboxylic acids is 2. The van der Waals surface area contributed by atoms with Crippen LogP contribution in [-0.4, -0.2) is 70.1 Å². The van der Waals surface area contributed by atoms with E-state index < -0.39 is 29.1 Å². The minimum atomic E-state index is -4.71. The first kappa shape index (κ1) is 35.9. The van der Waals surface area contributed by atoms with Gasteiger partial charge in [-0.2, -0.15) is 18.3 Å². The van der Waals surface area contributed by atoms with Crippen molar-refractivity contribution in [2.24, 2.45) is 0 Å². The molecule has 0 saturated carbocycles. The Kier molecular flexibility index (Phi) is 9.33. The Balaban J connectivity index is 0.979. The van der Waals surface area contributed by atoms with E-state index in [0.29, 0.717) is 65.2 Å². The topological polar surface area (TPSA) is 120 Å². The average molecular weight is 732 g/mol. The summed E-state index contributed by atoms with van der Waals surface area (Å²) >= 11 is 0. The fraction of sp³-hybridized carbons (Fsp3) is 0.359. The van der Waals surface area contributed by atoms with Crippen LogP contribution in [0.4, 0.5) is 23.2 Å². The van der Waals surface area contributed by atoms with Gasteiger partial charge in [0.1, 0.15) is 11.4 Å². The molecule has 0 spiro atoms. The maximum Gasteiger partial charge on any atom is 0.417 e. The van der Waals surface area contributed by atoms with Crippen molar-refractivity contribution in [2.75, 3.05) is 37.6 Å². The van der Waals surface area contributed by atoms with Crippen LogP contribution >= 0.6 is 0 Å². The number of benzene rings is 3. The number of alkyl halides is 3. The number of aromatic nitrogens is 2. The average Bonchev–Trinajstić information content (AvgIpc) is 3.13. The first-order valence-corrected chi connectivity index (χ1v) is 17.5. The number of aryl methyl sites for hydroxylation is 1. The molecule has 2 aliphatic heterocycles. The van der Waals surface area contributed by atoms with E-state index >= 15 is 0 Å². The Morgan fingerprint density at radius 3 is 2.38 bits per heavy atom. The van der Waals surface area contributed by atoms with Gasteiger partial charge in [-0.15, -0.1) is 0 Å². The molecule has 0 aliphatic carbocycles. The molecule has 4 heterocycles. The summed E-state index contributed by atoms with van der Waals surface area (Å²) in [6.45, 7) is 5.52. The first-order valence-electron chi connectivity index (χ1n) is 17.5. The van der Waals surface area contributed by atoms with Crippen LogP contribution in [0.15, 0.2) is 74.7 Å². The van der Waals surface area contributed by atoms with Crippen molar-refractivity contribution in [1.82, 2.24) is 20.0 Å². The lowest BCUT2D eigenvalue weighted by atomic mass is 9.85. The van der Waals surface area contributed by atoms with E-state index in [1.54, 1.807) is 35.2 Å². The molecule has 53 heavy (non-hydrogen) atoms. The Labute approximate surface area is 301 Å². The number of H-pyrrole nitrogens is 1. The van der Waals surface area contributed by atoms with Crippen LogP contribution in [0.3, 0.4) is 0 Å². The summed E-state index contributed by atoms with van der Waals surface area (Å²) in [5.74, 6) is -1.23. The van der Waals surface area contributed by atoms with Crippen LogP contribution in [0.1, 0.15) is 65.9 Å². The largest absolute Gasteiger partial charge is 0.423 e. The fourth-order valence-corrected chi connectivity index (χ4v) is 7.47. The molecule has 2 aromatic heterocycles. The standard InChI is InChI=1S/C39H37F4N5O5/c1-38(2)12-11-24-20-27-29(39(41,42)43)21-35(50)53-33(27)22-32(24)48(38)13-5-8-34(49)46-14-16-47(17-15-46)37(52)28-18-23(9-10-30(28)40)19-31-25-6-3-4-7-26(25)36(51)45-44-31/h3-4,6-7,9-10,18,20-22H,5,8,11-17,19H2,1-2H3,(H,45,51). The van der Waals surface area contributed by atoms with Crippen molar-refractivity contribution in [2.45, 2.75) is 57.7 Å². The zero-order valence-corrected chi connectivity index (χ0v) is 29.2. The van der Waals surface area contributed by atoms with Crippen LogP contribution in [0.25, 0.3) is 21.7 Å². The van der Waals surface area contributed by atoms with Gasteiger partial charge >= 0.3 is 11.8 Å². The number of nitrogens with one attached hydrogen (secondary N) is 1. The predicted molar refractivity (Wildman–Crippen MR) is 191 cm³/mol. The van der Waals surface area contributed by atoms with Crippen molar-refractivity contribution >= 4 is 39.2 Å². The molecule has 1 fully saturated rings. The van der Waals surface area contributed by atoms with Gasteiger partial charge in [-0.05, 0) is 68.5 Å².